The number of hydrogen-bond acceptors (Lipinski definition) is 7. The first kappa shape index (κ1) is 23.5. The number of hydroxylamine groups is 2. The minimum absolute atomic E-state index is 0.0628. The van der Waals surface area contributed by atoms with Crippen LogP contribution in [0.2, 0.25) is 0 Å². The quantitative estimate of drug-likeness (QED) is 0.547. The maximum absolute atomic E-state index is 13.0. The van der Waals surface area contributed by atoms with Crippen molar-refractivity contribution in [2.75, 3.05) is 5.94 Å². The highest BCUT2D eigenvalue weighted by atomic mass is 32.2. The Bertz CT molecular complexity index is 776. The van der Waals surface area contributed by atoms with Crippen LogP contribution in [0.5, 0.6) is 0 Å². The minimum atomic E-state index is -4.45. The maximum atomic E-state index is 13.0. The number of hydrogen-bond donors (Lipinski definition) is 0. The summed E-state index contributed by atoms with van der Waals surface area (Å²) >= 11 is 0. The summed E-state index contributed by atoms with van der Waals surface area (Å²) in [6.07, 6.45) is 12.2. The van der Waals surface area contributed by atoms with Crippen molar-refractivity contribution >= 4 is 28.0 Å². The van der Waals surface area contributed by atoms with Crippen LogP contribution in [0.4, 0.5) is 4.79 Å². The van der Waals surface area contributed by atoms with E-state index in [1.54, 1.807) is 4.90 Å². The Labute approximate surface area is 189 Å². The number of rotatable bonds is 6. The zero-order valence-electron chi connectivity index (χ0n) is 18.6. The molecule has 3 aliphatic carbocycles. The molecule has 0 aromatic carbocycles. The van der Waals surface area contributed by atoms with Gasteiger partial charge in [-0.15, -0.1) is 9.35 Å². The van der Waals surface area contributed by atoms with E-state index >= 15 is 0 Å². The second-order valence-corrected chi connectivity index (χ2v) is 11.1. The van der Waals surface area contributed by atoms with Gasteiger partial charge in [0.2, 0.25) is 5.94 Å². The van der Waals surface area contributed by atoms with Gasteiger partial charge in [0.1, 0.15) is 0 Å². The van der Waals surface area contributed by atoms with Crippen LogP contribution in [-0.4, -0.2) is 54.3 Å². The van der Waals surface area contributed by atoms with E-state index < -0.39 is 45.8 Å². The zero-order valence-corrected chi connectivity index (χ0v) is 19.4. The molecule has 0 bridgehead atoms. The SMILES string of the molecule is O=C1C2CCCCC2C(=O)N1OS(=O)(=O)COC(=O)N(C1CCCCC1)C1CCCCC1. The van der Waals surface area contributed by atoms with E-state index in [2.05, 4.69) is 0 Å². The molecule has 1 aliphatic heterocycles. The van der Waals surface area contributed by atoms with E-state index in [9.17, 15) is 22.8 Å². The van der Waals surface area contributed by atoms with Gasteiger partial charge >= 0.3 is 16.2 Å². The molecule has 180 valence electrons. The van der Waals surface area contributed by atoms with E-state index in [0.717, 1.165) is 77.0 Å². The molecule has 10 heteroatoms. The fourth-order valence-corrected chi connectivity index (χ4v) is 6.51. The number of carbonyl (C=O) groups is 3. The summed E-state index contributed by atoms with van der Waals surface area (Å²) in [5.41, 5.74) is 0. The Morgan fingerprint density at radius 1 is 0.781 bits per heavy atom. The Morgan fingerprint density at radius 2 is 1.22 bits per heavy atom. The van der Waals surface area contributed by atoms with Crippen LogP contribution >= 0.6 is 0 Å². The van der Waals surface area contributed by atoms with Crippen molar-refractivity contribution in [3.05, 3.63) is 0 Å². The maximum Gasteiger partial charge on any atom is 0.411 e. The molecule has 0 N–H and O–H groups in total. The molecule has 9 nitrogen and oxygen atoms in total. The van der Waals surface area contributed by atoms with Crippen molar-refractivity contribution in [2.24, 2.45) is 11.8 Å². The van der Waals surface area contributed by atoms with E-state index in [1.807, 2.05) is 0 Å². The van der Waals surface area contributed by atoms with E-state index in [1.165, 1.54) is 0 Å². The molecule has 0 aromatic heterocycles. The zero-order chi connectivity index (χ0) is 22.7. The van der Waals surface area contributed by atoms with Crippen molar-refractivity contribution in [3.8, 4) is 0 Å². The van der Waals surface area contributed by atoms with Gasteiger partial charge in [0.15, 0.2) is 0 Å². The van der Waals surface area contributed by atoms with Gasteiger partial charge in [0, 0.05) is 12.1 Å². The molecule has 3 saturated carbocycles. The lowest BCUT2D eigenvalue weighted by molar-refractivity contribution is -0.165. The van der Waals surface area contributed by atoms with Gasteiger partial charge < -0.3 is 9.64 Å². The first-order chi connectivity index (χ1) is 15.4. The van der Waals surface area contributed by atoms with E-state index in [-0.39, 0.29) is 12.1 Å². The number of carbonyl (C=O) groups excluding carboxylic acids is 3. The molecule has 0 aromatic rings. The molecule has 0 radical (unpaired) electrons. The third kappa shape index (κ3) is 5.11. The summed E-state index contributed by atoms with van der Waals surface area (Å²) < 4.78 is 35.0. The van der Waals surface area contributed by atoms with Crippen LogP contribution in [0.25, 0.3) is 0 Å². The Balaban J connectivity index is 1.38. The number of nitrogens with zero attached hydrogens (tertiary/aromatic N) is 2. The average Bonchev–Trinajstić information content (AvgIpc) is 3.04. The molecule has 3 amide bonds. The third-order valence-electron chi connectivity index (χ3n) is 7.46. The highest BCUT2D eigenvalue weighted by Gasteiger charge is 2.51. The molecule has 0 spiro atoms. The number of amides is 3. The van der Waals surface area contributed by atoms with Crippen LogP contribution in [0, 0.1) is 11.8 Å². The normalized spacial score (nSPS) is 27.9. The van der Waals surface area contributed by atoms with Crippen molar-refractivity contribution in [1.82, 2.24) is 9.96 Å². The predicted octanol–water partition coefficient (Wildman–Crippen LogP) is 3.48. The molecule has 1 saturated heterocycles. The summed E-state index contributed by atoms with van der Waals surface area (Å²) in [6, 6.07) is 0.126. The number of fused-ring (bicyclic) bond motifs is 1. The molecule has 2 atom stereocenters. The lowest BCUT2D eigenvalue weighted by atomic mass is 9.81. The highest BCUT2D eigenvalue weighted by Crippen LogP contribution is 2.38. The monoisotopic (exact) mass is 470 g/mol. The number of imide groups is 1. The fourth-order valence-electron chi connectivity index (χ4n) is 5.85. The third-order valence-corrected chi connectivity index (χ3v) is 8.25. The lowest BCUT2D eigenvalue weighted by Gasteiger charge is -2.40. The summed E-state index contributed by atoms with van der Waals surface area (Å²) in [5.74, 6) is -3.26. The Morgan fingerprint density at radius 3 is 1.69 bits per heavy atom. The van der Waals surface area contributed by atoms with Gasteiger partial charge in [0.25, 0.3) is 11.8 Å². The lowest BCUT2D eigenvalue weighted by Crippen LogP contribution is -2.49. The van der Waals surface area contributed by atoms with Crippen molar-refractivity contribution < 1.29 is 31.8 Å². The first-order valence-electron chi connectivity index (χ1n) is 12.1. The Hall–Kier alpha value is -1.68. The first-order valence-corrected chi connectivity index (χ1v) is 13.7. The van der Waals surface area contributed by atoms with Gasteiger partial charge in [-0.2, -0.15) is 8.42 Å². The molecule has 1 heterocycles. The van der Waals surface area contributed by atoms with Crippen LogP contribution in [0.15, 0.2) is 0 Å². The second kappa shape index (κ2) is 10.1. The van der Waals surface area contributed by atoms with Crippen LogP contribution < -0.4 is 0 Å². The minimum Gasteiger partial charge on any atom is -0.430 e. The topological polar surface area (TPSA) is 110 Å². The predicted molar refractivity (Wildman–Crippen MR) is 114 cm³/mol. The van der Waals surface area contributed by atoms with Gasteiger partial charge in [-0.1, -0.05) is 51.4 Å². The summed E-state index contributed by atoms with van der Waals surface area (Å²) in [7, 11) is -4.45. The van der Waals surface area contributed by atoms with Gasteiger partial charge in [-0.3, -0.25) is 9.59 Å². The van der Waals surface area contributed by atoms with Crippen molar-refractivity contribution in [1.29, 1.82) is 0 Å². The highest BCUT2D eigenvalue weighted by molar-refractivity contribution is 7.86. The average molecular weight is 471 g/mol. The standard InChI is InChI=1S/C22H34N2O7S/c25-20-18-13-7-8-14-19(18)21(26)24(20)31-32(28,29)15-30-22(27)23(16-9-3-1-4-10-16)17-11-5-2-6-12-17/h16-19H,1-15H2. The largest absolute Gasteiger partial charge is 0.430 e. The van der Waals surface area contributed by atoms with E-state index in [0.29, 0.717) is 17.9 Å². The van der Waals surface area contributed by atoms with Gasteiger partial charge in [-0.05, 0) is 38.5 Å². The van der Waals surface area contributed by atoms with Gasteiger partial charge in [0.05, 0.1) is 11.8 Å². The van der Waals surface area contributed by atoms with Gasteiger partial charge in [-0.25, -0.2) is 4.79 Å². The summed E-state index contributed by atoms with van der Waals surface area (Å²) in [6.45, 7) is 0. The molecule has 2 unspecified atom stereocenters. The molecule has 32 heavy (non-hydrogen) atoms. The summed E-state index contributed by atoms with van der Waals surface area (Å²) in [4.78, 5) is 39.7. The molecular formula is C22H34N2O7S. The van der Waals surface area contributed by atoms with Crippen LogP contribution in [0.3, 0.4) is 0 Å². The van der Waals surface area contributed by atoms with Crippen LogP contribution in [-0.2, 0) is 28.7 Å². The van der Waals surface area contributed by atoms with Crippen molar-refractivity contribution in [3.63, 3.8) is 0 Å². The number of ether oxygens (including phenoxy) is 1. The van der Waals surface area contributed by atoms with Crippen molar-refractivity contribution in [2.45, 2.75) is 102 Å². The Kier molecular flexibility index (Phi) is 7.39. The molecule has 4 rings (SSSR count). The molecule has 4 aliphatic rings. The second-order valence-electron chi connectivity index (χ2n) is 9.62. The molecule has 4 fully saturated rings. The fraction of sp³-hybridized carbons (Fsp3) is 0.864. The summed E-state index contributed by atoms with van der Waals surface area (Å²) in [5, 5.41) is 0.379. The van der Waals surface area contributed by atoms with Crippen LogP contribution in [0.1, 0.15) is 89.9 Å². The molecular weight excluding hydrogens is 436 g/mol. The smallest absolute Gasteiger partial charge is 0.411 e. The van der Waals surface area contributed by atoms with E-state index in [4.69, 9.17) is 9.02 Å².